The molecule has 4 rings (SSSR count). The number of hydrogen-bond acceptors (Lipinski definition) is 7. The summed E-state index contributed by atoms with van der Waals surface area (Å²) in [6.07, 6.45) is -2.17. The average molecular weight is 441 g/mol. The highest BCUT2D eigenvalue weighted by Gasteiger charge is 2.32. The van der Waals surface area contributed by atoms with Gasteiger partial charge in [-0.1, -0.05) is 0 Å². The van der Waals surface area contributed by atoms with Crippen molar-refractivity contribution in [2.75, 3.05) is 5.32 Å². The molecule has 0 radical (unpaired) electrons. The largest absolute Gasteiger partial charge is 0.455 e. The molecule has 32 heavy (non-hydrogen) atoms. The predicted octanol–water partition coefficient (Wildman–Crippen LogP) is 5.80. The van der Waals surface area contributed by atoms with Crippen LogP contribution in [0.2, 0.25) is 0 Å². The van der Waals surface area contributed by atoms with E-state index in [0.717, 1.165) is 12.3 Å². The molecule has 0 saturated carbocycles. The standard InChI is InChI=1S/C21H14F3N5O3/c1-12-8-13(2-6-18(12)32-15-4-7-19(25-10-15)21(22,23)24)28-20-16-9-14(29(30)31)3-5-17(16)26-11-27-20/h2-11H,1H3,(H,26,27,28). The Kier molecular flexibility index (Phi) is 5.31. The number of pyridine rings is 1. The molecular weight excluding hydrogens is 427 g/mol. The maximum Gasteiger partial charge on any atom is 0.433 e. The number of aryl methyl sites for hydroxylation is 1. The first-order valence-corrected chi connectivity index (χ1v) is 9.18. The quantitative estimate of drug-likeness (QED) is 0.309. The Morgan fingerprint density at radius 1 is 1.03 bits per heavy atom. The van der Waals surface area contributed by atoms with Gasteiger partial charge in [-0.3, -0.25) is 10.1 Å². The van der Waals surface area contributed by atoms with Crippen LogP contribution < -0.4 is 10.1 Å². The van der Waals surface area contributed by atoms with Gasteiger partial charge in [0, 0.05) is 23.2 Å². The van der Waals surface area contributed by atoms with Gasteiger partial charge in [-0.15, -0.1) is 0 Å². The second kappa shape index (κ2) is 8.10. The number of benzene rings is 2. The summed E-state index contributed by atoms with van der Waals surface area (Å²) in [4.78, 5) is 22.2. The van der Waals surface area contributed by atoms with Crippen LogP contribution >= 0.6 is 0 Å². The van der Waals surface area contributed by atoms with E-state index in [-0.39, 0.29) is 11.4 Å². The molecule has 0 aliphatic carbocycles. The molecule has 0 bridgehead atoms. The molecule has 0 unspecified atom stereocenters. The van der Waals surface area contributed by atoms with Crippen molar-refractivity contribution in [2.45, 2.75) is 13.1 Å². The first-order chi connectivity index (χ1) is 15.2. The minimum atomic E-state index is -4.52. The number of fused-ring (bicyclic) bond motifs is 1. The summed E-state index contributed by atoms with van der Waals surface area (Å²) in [5.41, 5.74) is 0.782. The molecule has 8 nitrogen and oxygen atoms in total. The minimum absolute atomic E-state index is 0.0829. The number of nitro benzene ring substituents is 1. The molecule has 0 fully saturated rings. The lowest BCUT2D eigenvalue weighted by molar-refractivity contribution is -0.384. The van der Waals surface area contributed by atoms with Crippen LogP contribution in [0, 0.1) is 17.0 Å². The van der Waals surface area contributed by atoms with Crippen molar-refractivity contribution in [2.24, 2.45) is 0 Å². The third kappa shape index (κ3) is 4.41. The van der Waals surface area contributed by atoms with Crippen LogP contribution in [0.1, 0.15) is 11.3 Å². The average Bonchev–Trinajstić information content (AvgIpc) is 2.75. The van der Waals surface area contributed by atoms with Crippen molar-refractivity contribution < 1.29 is 22.8 Å². The number of nitrogens with one attached hydrogen (secondary N) is 1. The van der Waals surface area contributed by atoms with E-state index in [1.165, 1.54) is 24.5 Å². The normalized spacial score (nSPS) is 11.4. The Balaban J connectivity index is 1.56. The Labute approximate surface area is 178 Å². The Morgan fingerprint density at radius 3 is 2.50 bits per heavy atom. The van der Waals surface area contributed by atoms with Crippen LogP contribution in [0.15, 0.2) is 61.1 Å². The number of non-ortho nitro benzene ring substituents is 1. The lowest BCUT2D eigenvalue weighted by Gasteiger charge is -2.13. The maximum absolute atomic E-state index is 12.6. The number of aromatic nitrogens is 3. The van der Waals surface area contributed by atoms with Crippen molar-refractivity contribution in [1.29, 1.82) is 0 Å². The molecule has 11 heteroatoms. The molecule has 0 atom stereocenters. The third-order valence-corrected chi connectivity index (χ3v) is 4.52. The van der Waals surface area contributed by atoms with Crippen LogP contribution in [0.25, 0.3) is 10.9 Å². The highest BCUT2D eigenvalue weighted by atomic mass is 19.4. The SMILES string of the molecule is Cc1cc(Nc2ncnc3ccc([N+](=O)[O-])cc23)ccc1Oc1ccc(C(F)(F)F)nc1. The zero-order valence-corrected chi connectivity index (χ0v) is 16.4. The molecule has 0 amide bonds. The summed E-state index contributed by atoms with van der Waals surface area (Å²) in [6, 6.07) is 11.4. The molecule has 1 N–H and O–H groups in total. The second-order valence-corrected chi connectivity index (χ2v) is 6.77. The molecule has 0 saturated heterocycles. The topological polar surface area (TPSA) is 103 Å². The zero-order chi connectivity index (χ0) is 22.9. The van der Waals surface area contributed by atoms with Crippen molar-refractivity contribution in [3.8, 4) is 11.5 Å². The highest BCUT2D eigenvalue weighted by Crippen LogP contribution is 2.32. The lowest BCUT2D eigenvalue weighted by atomic mass is 10.1. The number of halogens is 3. The van der Waals surface area contributed by atoms with Crippen molar-refractivity contribution >= 4 is 28.1 Å². The fraction of sp³-hybridized carbons (Fsp3) is 0.0952. The van der Waals surface area contributed by atoms with Crippen LogP contribution in [-0.4, -0.2) is 19.9 Å². The molecule has 4 aromatic rings. The first-order valence-electron chi connectivity index (χ1n) is 9.18. The van der Waals surface area contributed by atoms with Gasteiger partial charge in [0.05, 0.1) is 16.6 Å². The molecule has 162 valence electrons. The van der Waals surface area contributed by atoms with E-state index in [9.17, 15) is 23.3 Å². The van der Waals surface area contributed by atoms with Crippen LogP contribution in [0.5, 0.6) is 11.5 Å². The number of hydrogen-bond donors (Lipinski definition) is 1. The number of nitrogens with zero attached hydrogens (tertiary/aromatic N) is 4. The Hall–Kier alpha value is -4.28. The minimum Gasteiger partial charge on any atom is -0.455 e. The molecule has 0 aliphatic rings. The van der Waals surface area contributed by atoms with E-state index in [4.69, 9.17) is 4.74 Å². The van der Waals surface area contributed by atoms with Crippen LogP contribution in [0.3, 0.4) is 0 Å². The van der Waals surface area contributed by atoms with Gasteiger partial charge < -0.3 is 10.1 Å². The third-order valence-electron chi connectivity index (χ3n) is 4.52. The van der Waals surface area contributed by atoms with E-state index in [0.29, 0.717) is 33.7 Å². The molecule has 0 aliphatic heterocycles. The fourth-order valence-electron chi connectivity index (χ4n) is 2.97. The summed E-state index contributed by atoms with van der Waals surface area (Å²) < 4.78 is 43.6. The lowest BCUT2D eigenvalue weighted by Crippen LogP contribution is -2.07. The van der Waals surface area contributed by atoms with Gasteiger partial charge in [0.2, 0.25) is 0 Å². The van der Waals surface area contributed by atoms with Gasteiger partial charge in [0.25, 0.3) is 5.69 Å². The van der Waals surface area contributed by atoms with Crippen molar-refractivity contribution in [3.05, 3.63) is 82.4 Å². The summed E-state index contributed by atoms with van der Waals surface area (Å²) in [6.45, 7) is 1.76. The maximum atomic E-state index is 12.6. The van der Waals surface area contributed by atoms with E-state index in [1.54, 1.807) is 31.2 Å². The first kappa shape index (κ1) is 21.0. The van der Waals surface area contributed by atoms with Gasteiger partial charge in [0.1, 0.15) is 29.3 Å². The predicted molar refractivity (Wildman–Crippen MR) is 110 cm³/mol. The van der Waals surface area contributed by atoms with Crippen molar-refractivity contribution in [3.63, 3.8) is 0 Å². The highest BCUT2D eigenvalue weighted by molar-refractivity contribution is 5.92. The molecule has 2 aromatic heterocycles. The van der Waals surface area contributed by atoms with E-state index >= 15 is 0 Å². The Morgan fingerprint density at radius 2 is 1.84 bits per heavy atom. The van der Waals surface area contributed by atoms with Gasteiger partial charge in [0.15, 0.2) is 0 Å². The molecular formula is C21H14F3N5O3. The van der Waals surface area contributed by atoms with E-state index in [1.807, 2.05) is 0 Å². The molecule has 0 spiro atoms. The smallest absolute Gasteiger partial charge is 0.433 e. The van der Waals surface area contributed by atoms with Gasteiger partial charge in [-0.25, -0.2) is 15.0 Å². The Bertz CT molecular complexity index is 1310. The van der Waals surface area contributed by atoms with Gasteiger partial charge in [-0.2, -0.15) is 13.2 Å². The van der Waals surface area contributed by atoms with Gasteiger partial charge in [-0.05, 0) is 48.9 Å². The fourth-order valence-corrected chi connectivity index (χ4v) is 2.97. The number of nitro groups is 1. The van der Waals surface area contributed by atoms with Gasteiger partial charge >= 0.3 is 6.18 Å². The summed E-state index contributed by atoms with van der Waals surface area (Å²) in [5.74, 6) is 0.981. The van der Waals surface area contributed by atoms with Crippen molar-refractivity contribution in [1.82, 2.24) is 15.0 Å². The number of rotatable bonds is 5. The van der Waals surface area contributed by atoms with E-state index in [2.05, 4.69) is 20.3 Å². The zero-order valence-electron chi connectivity index (χ0n) is 16.4. The molecule has 2 heterocycles. The summed E-state index contributed by atoms with van der Waals surface area (Å²) in [5, 5.41) is 14.7. The monoisotopic (exact) mass is 441 g/mol. The molecule has 2 aromatic carbocycles. The van der Waals surface area contributed by atoms with Crippen LogP contribution in [-0.2, 0) is 6.18 Å². The summed E-state index contributed by atoms with van der Waals surface area (Å²) >= 11 is 0. The number of anilines is 2. The number of ether oxygens (including phenoxy) is 1. The van der Waals surface area contributed by atoms with Crippen LogP contribution in [0.4, 0.5) is 30.4 Å². The second-order valence-electron chi connectivity index (χ2n) is 6.77. The summed E-state index contributed by atoms with van der Waals surface area (Å²) in [7, 11) is 0. The number of alkyl halides is 3. The van der Waals surface area contributed by atoms with E-state index < -0.39 is 16.8 Å².